The van der Waals surface area contributed by atoms with Crippen molar-refractivity contribution in [3.05, 3.63) is 24.3 Å². The normalized spacial score (nSPS) is 9.27. The van der Waals surface area contributed by atoms with Crippen LogP contribution in [0.4, 0.5) is 5.69 Å². The van der Waals surface area contributed by atoms with E-state index in [9.17, 15) is 0 Å². The first-order chi connectivity index (χ1) is 5.38. The van der Waals surface area contributed by atoms with Crippen molar-refractivity contribution < 1.29 is 4.74 Å². The second-order valence-corrected chi connectivity index (χ2v) is 2.21. The third-order valence-electron chi connectivity index (χ3n) is 1.29. The number of para-hydroxylation sites is 2. The van der Waals surface area contributed by atoms with Gasteiger partial charge in [-0.15, -0.1) is 0 Å². The zero-order chi connectivity index (χ0) is 8.10. The van der Waals surface area contributed by atoms with Crippen LogP contribution in [0.3, 0.4) is 0 Å². The number of halogens is 1. The predicted octanol–water partition coefficient (Wildman–Crippen LogP) is 2.65. The summed E-state index contributed by atoms with van der Waals surface area (Å²) < 4.78 is 5.28. The van der Waals surface area contributed by atoms with Crippen LogP contribution in [0.25, 0.3) is 0 Å². The fourth-order valence-corrected chi connectivity index (χ4v) is 0.982. The zero-order valence-corrected chi connectivity index (χ0v) is 7.06. The van der Waals surface area contributed by atoms with E-state index < -0.39 is 0 Å². The van der Waals surface area contributed by atoms with Gasteiger partial charge in [0, 0.05) is 11.8 Å². The third kappa shape index (κ3) is 2.02. The largest absolute Gasteiger partial charge is 0.492 e. The summed E-state index contributed by atoms with van der Waals surface area (Å²) in [7, 11) is 0. The molecular weight excluding hydrogens is 162 g/mol. The summed E-state index contributed by atoms with van der Waals surface area (Å²) in [5, 5.41) is 0. The molecule has 0 aliphatic rings. The van der Waals surface area contributed by atoms with Crippen molar-refractivity contribution in [1.29, 1.82) is 0 Å². The molecule has 0 bridgehead atoms. The maximum Gasteiger partial charge on any atom is 0.143 e. The van der Waals surface area contributed by atoms with E-state index in [-0.39, 0.29) is 0 Å². The number of rotatable bonds is 3. The van der Waals surface area contributed by atoms with Crippen molar-refractivity contribution in [2.75, 3.05) is 11.4 Å². The molecule has 0 aliphatic carbocycles. The quantitative estimate of drug-likeness (QED) is 0.706. The van der Waals surface area contributed by atoms with Crippen LogP contribution in [0.5, 0.6) is 5.75 Å². The van der Waals surface area contributed by atoms with Crippen molar-refractivity contribution >= 4 is 17.5 Å². The number of anilines is 1. The van der Waals surface area contributed by atoms with E-state index in [1.165, 1.54) is 0 Å². The highest BCUT2D eigenvalue weighted by molar-refractivity contribution is 6.24. The molecular formula is C8H10ClNO. The summed E-state index contributed by atoms with van der Waals surface area (Å²) in [5.41, 5.74) is 0.802. The molecule has 11 heavy (non-hydrogen) atoms. The number of nitrogens with one attached hydrogen (secondary N) is 1. The van der Waals surface area contributed by atoms with Gasteiger partial charge >= 0.3 is 0 Å². The molecule has 1 aromatic rings. The molecule has 0 saturated heterocycles. The lowest BCUT2D eigenvalue weighted by Gasteiger charge is -2.06. The minimum atomic E-state index is 0.648. The van der Waals surface area contributed by atoms with E-state index in [2.05, 4.69) is 4.84 Å². The van der Waals surface area contributed by atoms with Crippen molar-refractivity contribution in [3.63, 3.8) is 0 Å². The Morgan fingerprint density at radius 1 is 1.45 bits per heavy atom. The summed E-state index contributed by atoms with van der Waals surface area (Å²) >= 11 is 5.44. The van der Waals surface area contributed by atoms with Gasteiger partial charge in [0.1, 0.15) is 5.75 Å². The molecule has 3 heteroatoms. The average molecular weight is 172 g/mol. The van der Waals surface area contributed by atoms with Gasteiger partial charge in [-0.3, -0.25) is 4.84 Å². The maximum absolute atomic E-state index is 5.44. The summed E-state index contributed by atoms with van der Waals surface area (Å²) in [6.07, 6.45) is 0. The summed E-state index contributed by atoms with van der Waals surface area (Å²) in [4.78, 5) is 2.53. The minimum Gasteiger partial charge on any atom is -0.492 e. The van der Waals surface area contributed by atoms with Gasteiger partial charge in [-0.2, -0.15) is 0 Å². The molecule has 0 aliphatic heterocycles. The molecule has 0 saturated carbocycles. The Balaban J connectivity index is 2.83. The number of ether oxygens (including phenoxy) is 1. The Kier molecular flexibility index (Phi) is 3.05. The highest BCUT2D eigenvalue weighted by Gasteiger charge is 1.97. The minimum absolute atomic E-state index is 0.648. The maximum atomic E-state index is 5.44. The van der Waals surface area contributed by atoms with Gasteiger partial charge in [-0.05, 0) is 19.1 Å². The summed E-state index contributed by atoms with van der Waals surface area (Å²) in [6.45, 7) is 2.58. The Hall–Kier alpha value is -0.890. The molecule has 60 valence electrons. The molecule has 0 heterocycles. The van der Waals surface area contributed by atoms with Crippen LogP contribution in [0.2, 0.25) is 0 Å². The Bertz CT molecular complexity index is 227. The molecule has 0 unspecified atom stereocenters. The van der Waals surface area contributed by atoms with Crippen LogP contribution >= 0.6 is 11.8 Å². The lowest BCUT2D eigenvalue weighted by molar-refractivity contribution is 0.342. The molecule has 2 nitrogen and oxygen atoms in total. The second-order valence-electron chi connectivity index (χ2n) is 2.02. The highest BCUT2D eigenvalue weighted by Crippen LogP contribution is 2.23. The third-order valence-corrected chi connectivity index (χ3v) is 1.49. The average Bonchev–Trinajstić information content (AvgIpc) is 2.06. The van der Waals surface area contributed by atoms with E-state index in [1.54, 1.807) is 0 Å². The number of hydrogen-bond donors (Lipinski definition) is 1. The summed E-state index contributed by atoms with van der Waals surface area (Å²) in [6, 6.07) is 7.53. The van der Waals surface area contributed by atoms with Gasteiger partial charge in [0.2, 0.25) is 0 Å². The molecule has 1 rings (SSSR count). The van der Waals surface area contributed by atoms with Crippen LogP contribution < -0.4 is 9.57 Å². The van der Waals surface area contributed by atoms with Gasteiger partial charge < -0.3 is 4.74 Å². The van der Waals surface area contributed by atoms with Gasteiger partial charge in [-0.1, -0.05) is 12.1 Å². The Morgan fingerprint density at radius 2 is 2.18 bits per heavy atom. The lowest BCUT2D eigenvalue weighted by atomic mass is 10.3. The molecule has 0 spiro atoms. The van der Waals surface area contributed by atoms with Gasteiger partial charge in [0.25, 0.3) is 0 Å². The van der Waals surface area contributed by atoms with Crippen LogP contribution in [-0.4, -0.2) is 6.61 Å². The fourth-order valence-electron chi connectivity index (χ4n) is 0.826. The van der Waals surface area contributed by atoms with Crippen LogP contribution in [0.1, 0.15) is 6.92 Å². The second kappa shape index (κ2) is 4.09. The van der Waals surface area contributed by atoms with Crippen molar-refractivity contribution in [2.45, 2.75) is 6.92 Å². The standard InChI is InChI=1S/C8H10ClNO/c1-2-11-8-6-4-3-5-7(8)10-9/h3-6,10H,2H2,1H3. The predicted molar refractivity (Wildman–Crippen MR) is 47.1 cm³/mol. The first kappa shape index (κ1) is 8.21. The van der Waals surface area contributed by atoms with Gasteiger partial charge in [0.15, 0.2) is 0 Å². The Labute approximate surface area is 71.2 Å². The SMILES string of the molecule is CCOc1ccccc1NCl. The summed E-state index contributed by atoms with van der Waals surface area (Å²) in [5.74, 6) is 0.782. The monoisotopic (exact) mass is 171 g/mol. The highest BCUT2D eigenvalue weighted by atomic mass is 35.5. The van der Waals surface area contributed by atoms with E-state index in [4.69, 9.17) is 16.5 Å². The van der Waals surface area contributed by atoms with Gasteiger partial charge in [-0.25, -0.2) is 0 Å². The van der Waals surface area contributed by atoms with Gasteiger partial charge in [0.05, 0.1) is 12.3 Å². The molecule has 0 fully saturated rings. The molecule has 0 amide bonds. The van der Waals surface area contributed by atoms with Crippen LogP contribution in [-0.2, 0) is 0 Å². The first-order valence-electron chi connectivity index (χ1n) is 3.47. The van der Waals surface area contributed by atoms with Crippen molar-refractivity contribution in [1.82, 2.24) is 0 Å². The molecule has 1 aromatic carbocycles. The number of hydrogen-bond acceptors (Lipinski definition) is 2. The van der Waals surface area contributed by atoms with Crippen LogP contribution in [0.15, 0.2) is 24.3 Å². The van der Waals surface area contributed by atoms with Crippen molar-refractivity contribution in [2.24, 2.45) is 0 Å². The van der Waals surface area contributed by atoms with E-state index >= 15 is 0 Å². The smallest absolute Gasteiger partial charge is 0.143 e. The lowest BCUT2D eigenvalue weighted by Crippen LogP contribution is -1.93. The first-order valence-corrected chi connectivity index (χ1v) is 3.84. The molecule has 1 N–H and O–H groups in total. The van der Waals surface area contributed by atoms with Crippen molar-refractivity contribution in [3.8, 4) is 5.75 Å². The molecule has 0 atom stereocenters. The molecule has 0 radical (unpaired) electrons. The van der Waals surface area contributed by atoms with E-state index in [0.29, 0.717) is 6.61 Å². The molecule has 0 aromatic heterocycles. The van der Waals surface area contributed by atoms with E-state index in [0.717, 1.165) is 11.4 Å². The zero-order valence-electron chi connectivity index (χ0n) is 6.30. The van der Waals surface area contributed by atoms with Crippen LogP contribution in [0, 0.1) is 0 Å². The Morgan fingerprint density at radius 3 is 2.82 bits per heavy atom. The van der Waals surface area contributed by atoms with E-state index in [1.807, 2.05) is 31.2 Å². The topological polar surface area (TPSA) is 21.3 Å². The fraction of sp³-hybridized carbons (Fsp3) is 0.250. The number of benzene rings is 1.